The van der Waals surface area contributed by atoms with Crippen LogP contribution in [0.5, 0.6) is 5.88 Å². The number of piperidine rings is 1. The lowest BCUT2D eigenvalue weighted by Gasteiger charge is -2.28. The standard InChI is InChI=1S/C22H26Cl2N4O/c1-14-12-16(23)13-18-20(14)27-21(26-18)19-17(24)5-8-25-22(19)29-11-3-4-15-6-9-28(2)10-7-15/h5,8,12-13,15H,3-4,6-7,9-11H2,1-2H3,(H,26,27). The Morgan fingerprint density at radius 2 is 2.03 bits per heavy atom. The Morgan fingerprint density at radius 1 is 1.24 bits per heavy atom. The minimum Gasteiger partial charge on any atom is -0.477 e. The normalized spacial score (nSPS) is 15.9. The fourth-order valence-electron chi connectivity index (χ4n) is 4.00. The van der Waals surface area contributed by atoms with Gasteiger partial charge in [0.05, 0.1) is 28.2 Å². The minimum absolute atomic E-state index is 0.517. The van der Waals surface area contributed by atoms with Crippen molar-refractivity contribution in [3.63, 3.8) is 0 Å². The number of ether oxygens (including phenoxy) is 1. The van der Waals surface area contributed by atoms with E-state index in [0.717, 1.165) is 28.9 Å². The maximum Gasteiger partial charge on any atom is 0.226 e. The first-order valence-corrected chi connectivity index (χ1v) is 10.9. The summed E-state index contributed by atoms with van der Waals surface area (Å²) in [4.78, 5) is 14.9. The summed E-state index contributed by atoms with van der Waals surface area (Å²) >= 11 is 12.7. The van der Waals surface area contributed by atoms with Crippen LogP contribution in [0.25, 0.3) is 22.4 Å². The van der Waals surface area contributed by atoms with Crippen molar-refractivity contribution in [1.82, 2.24) is 19.9 Å². The number of nitrogens with one attached hydrogen (secondary N) is 1. The Hall–Kier alpha value is -1.82. The van der Waals surface area contributed by atoms with Gasteiger partial charge in [-0.2, -0.15) is 0 Å². The molecule has 0 unspecified atom stereocenters. The predicted octanol–water partition coefficient (Wildman–Crippen LogP) is 5.74. The number of aryl methyl sites for hydroxylation is 1. The first kappa shape index (κ1) is 20.5. The van der Waals surface area contributed by atoms with E-state index in [1.807, 2.05) is 19.1 Å². The number of pyridine rings is 1. The van der Waals surface area contributed by atoms with Crippen molar-refractivity contribution in [2.75, 3.05) is 26.7 Å². The molecule has 0 saturated carbocycles. The Morgan fingerprint density at radius 3 is 2.83 bits per heavy atom. The summed E-state index contributed by atoms with van der Waals surface area (Å²) in [6, 6.07) is 5.53. The molecule has 1 N–H and O–H groups in total. The fourth-order valence-corrected chi connectivity index (χ4v) is 4.50. The molecule has 1 fully saturated rings. The molecule has 4 rings (SSSR count). The van der Waals surface area contributed by atoms with Crippen LogP contribution in [-0.4, -0.2) is 46.6 Å². The van der Waals surface area contributed by atoms with Crippen LogP contribution in [0.1, 0.15) is 31.2 Å². The van der Waals surface area contributed by atoms with Crippen LogP contribution in [0, 0.1) is 12.8 Å². The van der Waals surface area contributed by atoms with Crippen molar-refractivity contribution in [3.8, 4) is 17.3 Å². The van der Waals surface area contributed by atoms with Crippen LogP contribution in [0.15, 0.2) is 24.4 Å². The van der Waals surface area contributed by atoms with E-state index in [-0.39, 0.29) is 0 Å². The van der Waals surface area contributed by atoms with Gasteiger partial charge in [0.2, 0.25) is 5.88 Å². The molecule has 7 heteroatoms. The van der Waals surface area contributed by atoms with Gasteiger partial charge in [0.25, 0.3) is 0 Å². The molecule has 3 aromatic rings. The fraction of sp³-hybridized carbons (Fsp3) is 0.455. The lowest BCUT2D eigenvalue weighted by atomic mass is 9.93. The molecule has 3 heterocycles. The van der Waals surface area contributed by atoms with Gasteiger partial charge in [0.15, 0.2) is 0 Å². The van der Waals surface area contributed by atoms with E-state index in [1.165, 1.54) is 32.4 Å². The van der Waals surface area contributed by atoms with Crippen LogP contribution in [0.4, 0.5) is 0 Å². The quantitative estimate of drug-likeness (QED) is 0.504. The SMILES string of the molecule is Cc1cc(Cl)cc2[nH]c(-c3c(Cl)ccnc3OCCCC3CCN(C)CC3)nc12. The van der Waals surface area contributed by atoms with Crippen LogP contribution in [0.2, 0.25) is 10.0 Å². The zero-order chi connectivity index (χ0) is 20.4. The average molecular weight is 433 g/mol. The lowest BCUT2D eigenvalue weighted by Crippen LogP contribution is -2.30. The number of H-pyrrole nitrogens is 1. The number of aromatic nitrogens is 3. The summed E-state index contributed by atoms with van der Waals surface area (Å²) in [7, 11) is 2.19. The lowest BCUT2D eigenvalue weighted by molar-refractivity contribution is 0.199. The highest BCUT2D eigenvalue weighted by Crippen LogP contribution is 2.35. The summed E-state index contributed by atoms with van der Waals surface area (Å²) < 4.78 is 6.04. The van der Waals surface area contributed by atoms with E-state index in [4.69, 9.17) is 32.9 Å². The molecule has 1 aliphatic heterocycles. The molecule has 5 nitrogen and oxygen atoms in total. The zero-order valence-corrected chi connectivity index (χ0v) is 18.4. The molecule has 0 spiro atoms. The second-order valence-corrected chi connectivity index (χ2v) is 8.76. The van der Waals surface area contributed by atoms with E-state index >= 15 is 0 Å². The third-order valence-electron chi connectivity index (χ3n) is 5.68. The summed E-state index contributed by atoms with van der Waals surface area (Å²) in [6.07, 6.45) is 6.42. The number of aromatic amines is 1. The highest BCUT2D eigenvalue weighted by Gasteiger charge is 2.19. The van der Waals surface area contributed by atoms with Gasteiger partial charge in [-0.3, -0.25) is 0 Å². The number of hydrogen-bond acceptors (Lipinski definition) is 4. The number of rotatable bonds is 6. The first-order chi connectivity index (χ1) is 14.0. The highest BCUT2D eigenvalue weighted by molar-refractivity contribution is 6.33. The third kappa shape index (κ3) is 4.68. The van der Waals surface area contributed by atoms with Crippen molar-refractivity contribution in [1.29, 1.82) is 0 Å². The van der Waals surface area contributed by atoms with Gasteiger partial charge in [0.1, 0.15) is 5.82 Å². The van der Waals surface area contributed by atoms with Crippen molar-refractivity contribution >= 4 is 34.2 Å². The monoisotopic (exact) mass is 432 g/mol. The Bertz CT molecular complexity index is 996. The zero-order valence-electron chi connectivity index (χ0n) is 16.8. The van der Waals surface area contributed by atoms with E-state index in [2.05, 4.69) is 21.9 Å². The van der Waals surface area contributed by atoms with E-state index < -0.39 is 0 Å². The molecule has 1 aliphatic rings. The van der Waals surface area contributed by atoms with Gasteiger partial charge in [-0.25, -0.2) is 9.97 Å². The van der Waals surface area contributed by atoms with Gasteiger partial charge < -0.3 is 14.6 Å². The number of halogens is 2. The van der Waals surface area contributed by atoms with Gasteiger partial charge in [-0.05, 0) is 82.4 Å². The molecule has 1 saturated heterocycles. The molecular weight excluding hydrogens is 407 g/mol. The summed E-state index contributed by atoms with van der Waals surface area (Å²) in [6.45, 7) is 5.00. The summed E-state index contributed by atoms with van der Waals surface area (Å²) in [5, 5.41) is 1.24. The van der Waals surface area contributed by atoms with Gasteiger partial charge in [-0.15, -0.1) is 0 Å². The number of nitrogens with zero attached hydrogens (tertiary/aromatic N) is 3. The second-order valence-electron chi connectivity index (χ2n) is 7.91. The molecule has 0 amide bonds. The predicted molar refractivity (Wildman–Crippen MR) is 119 cm³/mol. The molecule has 2 aromatic heterocycles. The van der Waals surface area contributed by atoms with E-state index in [1.54, 1.807) is 12.3 Å². The van der Waals surface area contributed by atoms with Crippen molar-refractivity contribution in [3.05, 3.63) is 40.0 Å². The molecule has 29 heavy (non-hydrogen) atoms. The van der Waals surface area contributed by atoms with Crippen LogP contribution >= 0.6 is 23.2 Å². The molecule has 0 atom stereocenters. The number of hydrogen-bond donors (Lipinski definition) is 1. The molecule has 154 valence electrons. The van der Waals surface area contributed by atoms with Gasteiger partial charge in [-0.1, -0.05) is 23.2 Å². The highest BCUT2D eigenvalue weighted by atomic mass is 35.5. The van der Waals surface area contributed by atoms with Crippen LogP contribution in [-0.2, 0) is 0 Å². The van der Waals surface area contributed by atoms with Crippen molar-refractivity contribution < 1.29 is 4.74 Å². The van der Waals surface area contributed by atoms with Crippen molar-refractivity contribution in [2.45, 2.75) is 32.6 Å². The first-order valence-electron chi connectivity index (χ1n) is 10.1. The summed E-state index contributed by atoms with van der Waals surface area (Å²) in [5.41, 5.74) is 3.45. The molecule has 0 bridgehead atoms. The maximum atomic E-state index is 6.50. The molecular formula is C22H26Cl2N4O. The number of imidazole rings is 1. The molecule has 0 aliphatic carbocycles. The number of likely N-dealkylation sites (tertiary alicyclic amines) is 1. The van der Waals surface area contributed by atoms with Crippen LogP contribution < -0.4 is 4.74 Å². The maximum absolute atomic E-state index is 6.50. The van der Waals surface area contributed by atoms with E-state index in [9.17, 15) is 0 Å². The smallest absolute Gasteiger partial charge is 0.226 e. The number of benzene rings is 1. The third-order valence-corrected chi connectivity index (χ3v) is 6.21. The van der Waals surface area contributed by atoms with Gasteiger partial charge in [0, 0.05) is 11.2 Å². The van der Waals surface area contributed by atoms with Crippen LogP contribution in [0.3, 0.4) is 0 Å². The van der Waals surface area contributed by atoms with Gasteiger partial charge >= 0.3 is 0 Å². The number of fused-ring (bicyclic) bond motifs is 1. The Kier molecular flexibility index (Phi) is 6.28. The molecule has 1 aromatic carbocycles. The second kappa shape index (κ2) is 8.90. The largest absolute Gasteiger partial charge is 0.477 e. The summed E-state index contributed by atoms with van der Waals surface area (Å²) in [5.74, 6) is 1.96. The van der Waals surface area contributed by atoms with E-state index in [0.29, 0.717) is 33.9 Å². The Labute approximate surface area is 181 Å². The van der Waals surface area contributed by atoms with Crippen molar-refractivity contribution in [2.24, 2.45) is 5.92 Å². The Balaban J connectivity index is 1.48. The molecule has 0 radical (unpaired) electrons. The topological polar surface area (TPSA) is 54.0 Å². The minimum atomic E-state index is 0.517. The average Bonchev–Trinajstić information content (AvgIpc) is 3.10.